The zero-order chi connectivity index (χ0) is 22.7. The third kappa shape index (κ3) is 4.77. The molecule has 162 valence electrons. The lowest BCUT2D eigenvalue weighted by Gasteiger charge is -2.18. The zero-order valence-electron chi connectivity index (χ0n) is 17.3. The molecule has 0 saturated carbocycles. The first-order valence-corrected chi connectivity index (χ1v) is 9.56. The number of aromatic nitrogens is 1. The Balaban J connectivity index is 1.85. The van der Waals surface area contributed by atoms with Crippen LogP contribution in [-0.2, 0) is 6.54 Å². The van der Waals surface area contributed by atoms with Gasteiger partial charge < -0.3 is 18.9 Å². The van der Waals surface area contributed by atoms with Gasteiger partial charge in [0.15, 0.2) is 11.5 Å². The maximum atomic E-state index is 12.9. The van der Waals surface area contributed by atoms with E-state index in [0.29, 0.717) is 17.9 Å². The molecule has 0 aliphatic rings. The first-order valence-electron chi connectivity index (χ1n) is 9.18. The zero-order valence-corrected chi connectivity index (χ0v) is 18.1. The molecule has 0 unspecified atom stereocenters. The molecule has 3 aromatic rings. The maximum absolute atomic E-state index is 12.9. The van der Waals surface area contributed by atoms with Crippen molar-refractivity contribution in [3.63, 3.8) is 0 Å². The quantitative estimate of drug-likeness (QED) is 0.375. The van der Waals surface area contributed by atoms with E-state index >= 15 is 0 Å². The van der Waals surface area contributed by atoms with Gasteiger partial charge in [0.05, 0.1) is 24.3 Å². The highest BCUT2D eigenvalue weighted by Crippen LogP contribution is 2.38. The number of halogens is 1. The van der Waals surface area contributed by atoms with E-state index in [-0.39, 0.29) is 33.9 Å². The summed E-state index contributed by atoms with van der Waals surface area (Å²) in [7, 11) is 3.09. The molecule has 0 N–H and O–H groups in total. The summed E-state index contributed by atoms with van der Waals surface area (Å²) in [6.45, 7) is 3.94. The molecule has 31 heavy (non-hydrogen) atoms. The smallest absolute Gasteiger partial charge is 0.313 e. The molecule has 2 aromatic carbocycles. The summed E-state index contributed by atoms with van der Waals surface area (Å²) in [6.07, 6.45) is 0. The van der Waals surface area contributed by atoms with Crippen LogP contribution in [0.25, 0.3) is 0 Å². The van der Waals surface area contributed by atoms with E-state index in [2.05, 4.69) is 5.16 Å². The van der Waals surface area contributed by atoms with E-state index in [1.165, 1.54) is 42.3 Å². The van der Waals surface area contributed by atoms with E-state index in [4.69, 9.17) is 25.6 Å². The van der Waals surface area contributed by atoms with Crippen LogP contribution in [0, 0.1) is 24.0 Å². The Hall–Kier alpha value is -3.59. The fourth-order valence-corrected chi connectivity index (χ4v) is 3.15. The second kappa shape index (κ2) is 9.05. The molecule has 0 radical (unpaired) electrons. The van der Waals surface area contributed by atoms with Crippen LogP contribution in [0.4, 0.5) is 5.69 Å². The second-order valence-electron chi connectivity index (χ2n) is 6.80. The minimum atomic E-state index is -0.588. The van der Waals surface area contributed by atoms with Gasteiger partial charge in [-0.05, 0) is 44.2 Å². The van der Waals surface area contributed by atoms with Crippen molar-refractivity contribution in [2.45, 2.75) is 20.4 Å². The van der Waals surface area contributed by atoms with Gasteiger partial charge in [-0.25, -0.2) is 0 Å². The summed E-state index contributed by atoms with van der Waals surface area (Å²) in [5.74, 6) is 0.881. The molecule has 0 saturated heterocycles. The van der Waals surface area contributed by atoms with Gasteiger partial charge in [0.25, 0.3) is 5.91 Å². The van der Waals surface area contributed by atoms with Crippen molar-refractivity contribution in [2.75, 3.05) is 14.2 Å². The molecule has 0 aliphatic heterocycles. The number of nitrogens with zero attached hydrogens (tertiary/aromatic N) is 3. The van der Waals surface area contributed by atoms with Crippen molar-refractivity contribution >= 4 is 23.2 Å². The van der Waals surface area contributed by atoms with Gasteiger partial charge >= 0.3 is 5.69 Å². The first kappa shape index (κ1) is 22.1. The number of hydrogen-bond acceptors (Lipinski definition) is 7. The Morgan fingerprint density at radius 3 is 2.52 bits per heavy atom. The van der Waals surface area contributed by atoms with Crippen LogP contribution >= 0.6 is 11.6 Å². The second-order valence-corrected chi connectivity index (χ2v) is 7.24. The molecule has 1 amide bonds. The number of nitro groups is 1. The van der Waals surface area contributed by atoms with E-state index in [0.717, 1.165) is 11.3 Å². The SMILES string of the molecule is COc1cc(C(=O)N(C)Cc2c(C)noc2C)ccc1Oc1ccc(Cl)cc1[N+](=O)[O-]. The van der Waals surface area contributed by atoms with E-state index in [1.807, 2.05) is 6.92 Å². The molecule has 0 atom stereocenters. The Labute approximate surface area is 183 Å². The minimum Gasteiger partial charge on any atom is -0.493 e. The Morgan fingerprint density at radius 1 is 1.19 bits per heavy atom. The summed E-state index contributed by atoms with van der Waals surface area (Å²) in [4.78, 5) is 25.1. The van der Waals surface area contributed by atoms with Crippen LogP contribution in [0.5, 0.6) is 17.2 Å². The van der Waals surface area contributed by atoms with E-state index in [9.17, 15) is 14.9 Å². The molecule has 9 nitrogen and oxygen atoms in total. The van der Waals surface area contributed by atoms with Crippen molar-refractivity contribution < 1.29 is 23.7 Å². The van der Waals surface area contributed by atoms with Crippen LogP contribution in [0.2, 0.25) is 5.02 Å². The van der Waals surface area contributed by atoms with Crippen molar-refractivity contribution in [2.24, 2.45) is 0 Å². The lowest BCUT2D eigenvalue weighted by atomic mass is 10.1. The number of carbonyl (C=O) groups is 1. The highest BCUT2D eigenvalue weighted by atomic mass is 35.5. The summed E-state index contributed by atoms with van der Waals surface area (Å²) in [5.41, 5.74) is 1.65. The molecule has 0 aliphatic carbocycles. The standard InChI is InChI=1S/C21H20ClN3O6/c1-12-16(13(2)31-23-12)11-24(3)21(26)14-5-7-19(20(9-14)29-4)30-18-8-6-15(22)10-17(18)25(27)28/h5-10H,11H2,1-4H3. The highest BCUT2D eigenvalue weighted by molar-refractivity contribution is 6.30. The Morgan fingerprint density at radius 2 is 1.90 bits per heavy atom. The van der Waals surface area contributed by atoms with Gasteiger partial charge in [-0.1, -0.05) is 16.8 Å². The molecule has 1 heterocycles. The molecule has 0 bridgehead atoms. The number of carbonyl (C=O) groups excluding carboxylic acids is 1. The Kier molecular flexibility index (Phi) is 6.45. The van der Waals surface area contributed by atoms with Gasteiger partial charge in [0, 0.05) is 29.3 Å². The average molecular weight is 446 g/mol. The summed E-state index contributed by atoms with van der Waals surface area (Å²) in [6, 6.07) is 8.68. The first-order chi connectivity index (χ1) is 14.7. The molecule has 0 fully saturated rings. The molecule has 1 aromatic heterocycles. The van der Waals surface area contributed by atoms with E-state index < -0.39 is 4.92 Å². The molecule has 10 heteroatoms. The maximum Gasteiger partial charge on any atom is 0.313 e. The van der Waals surface area contributed by atoms with Crippen LogP contribution in [0.15, 0.2) is 40.9 Å². The predicted octanol–water partition coefficient (Wildman–Crippen LogP) is 4.93. The van der Waals surface area contributed by atoms with Gasteiger partial charge in [-0.2, -0.15) is 0 Å². The van der Waals surface area contributed by atoms with E-state index in [1.54, 1.807) is 20.0 Å². The third-order valence-corrected chi connectivity index (χ3v) is 4.91. The fourth-order valence-electron chi connectivity index (χ4n) is 2.98. The van der Waals surface area contributed by atoms with Crippen molar-refractivity contribution in [1.82, 2.24) is 10.1 Å². The van der Waals surface area contributed by atoms with Crippen LogP contribution in [0.1, 0.15) is 27.4 Å². The lowest BCUT2D eigenvalue weighted by Crippen LogP contribution is -2.26. The number of amides is 1. The summed E-state index contributed by atoms with van der Waals surface area (Å²) in [5, 5.41) is 15.4. The van der Waals surface area contributed by atoms with Crippen LogP contribution in [-0.4, -0.2) is 35.0 Å². The predicted molar refractivity (Wildman–Crippen MR) is 113 cm³/mol. The molecule has 3 rings (SSSR count). The number of hydrogen-bond donors (Lipinski definition) is 0. The minimum absolute atomic E-state index is 0.00213. The van der Waals surface area contributed by atoms with Crippen molar-refractivity contribution in [3.05, 3.63) is 74.1 Å². The highest BCUT2D eigenvalue weighted by Gasteiger charge is 2.21. The number of rotatable bonds is 7. The summed E-state index contributed by atoms with van der Waals surface area (Å²) >= 11 is 5.84. The van der Waals surface area contributed by atoms with Gasteiger partial charge in [0.2, 0.25) is 5.75 Å². The Bertz CT molecular complexity index is 1120. The number of aryl methyl sites for hydroxylation is 2. The van der Waals surface area contributed by atoms with Gasteiger partial charge in [0.1, 0.15) is 5.76 Å². The number of benzene rings is 2. The van der Waals surface area contributed by atoms with Gasteiger partial charge in [-0.3, -0.25) is 14.9 Å². The number of nitro benzene ring substituents is 1. The van der Waals surface area contributed by atoms with Crippen LogP contribution in [0.3, 0.4) is 0 Å². The molecular weight excluding hydrogens is 426 g/mol. The molecular formula is C21H20ClN3O6. The number of ether oxygens (including phenoxy) is 2. The fraction of sp³-hybridized carbons (Fsp3) is 0.238. The summed E-state index contributed by atoms with van der Waals surface area (Å²) < 4.78 is 16.2. The van der Waals surface area contributed by atoms with Crippen molar-refractivity contribution in [3.8, 4) is 17.2 Å². The average Bonchev–Trinajstić information content (AvgIpc) is 3.06. The number of methoxy groups -OCH3 is 1. The van der Waals surface area contributed by atoms with Crippen LogP contribution < -0.4 is 9.47 Å². The lowest BCUT2D eigenvalue weighted by molar-refractivity contribution is -0.385. The third-order valence-electron chi connectivity index (χ3n) is 4.67. The van der Waals surface area contributed by atoms with Gasteiger partial charge in [-0.15, -0.1) is 0 Å². The van der Waals surface area contributed by atoms with Crippen molar-refractivity contribution in [1.29, 1.82) is 0 Å². The largest absolute Gasteiger partial charge is 0.493 e. The normalized spacial score (nSPS) is 10.6. The topological polar surface area (TPSA) is 108 Å². The molecule has 0 spiro atoms. The monoisotopic (exact) mass is 445 g/mol.